The molecule has 2 aromatic rings. The standard InChI is InChI=1S/C18H19NO3/c1-3-19(4-2)22-18(20)14-9-7-11-17-15(14)12-13-8-5-6-10-16(13)21-17/h5-11H,3-4,12H2,1-2H3. The minimum atomic E-state index is -0.330. The number of benzene rings is 2. The zero-order chi connectivity index (χ0) is 15.5. The topological polar surface area (TPSA) is 38.8 Å². The zero-order valence-corrected chi connectivity index (χ0v) is 12.8. The third-order valence-electron chi connectivity index (χ3n) is 3.83. The zero-order valence-electron chi connectivity index (χ0n) is 12.8. The highest BCUT2D eigenvalue weighted by atomic mass is 16.7. The summed E-state index contributed by atoms with van der Waals surface area (Å²) in [6.45, 7) is 5.24. The second kappa shape index (κ2) is 6.20. The van der Waals surface area contributed by atoms with Crippen LogP contribution in [0, 0.1) is 0 Å². The van der Waals surface area contributed by atoms with Crippen molar-refractivity contribution in [3.63, 3.8) is 0 Å². The predicted molar refractivity (Wildman–Crippen MR) is 84.1 cm³/mol. The van der Waals surface area contributed by atoms with Gasteiger partial charge in [-0.05, 0) is 37.6 Å². The lowest BCUT2D eigenvalue weighted by Gasteiger charge is -2.23. The number of hydrogen-bond donors (Lipinski definition) is 0. The van der Waals surface area contributed by atoms with Crippen LogP contribution in [0.5, 0.6) is 11.5 Å². The van der Waals surface area contributed by atoms with Crippen LogP contribution < -0.4 is 4.74 Å². The maximum absolute atomic E-state index is 12.4. The molecular formula is C18H19NO3. The molecule has 22 heavy (non-hydrogen) atoms. The summed E-state index contributed by atoms with van der Waals surface area (Å²) in [5.41, 5.74) is 2.54. The highest BCUT2D eigenvalue weighted by Crippen LogP contribution is 2.38. The molecule has 3 rings (SSSR count). The van der Waals surface area contributed by atoms with E-state index in [-0.39, 0.29) is 5.97 Å². The first-order valence-electron chi connectivity index (χ1n) is 7.57. The van der Waals surface area contributed by atoms with Crippen LogP contribution in [0.2, 0.25) is 0 Å². The van der Waals surface area contributed by atoms with Gasteiger partial charge in [-0.3, -0.25) is 0 Å². The van der Waals surface area contributed by atoms with Crippen molar-refractivity contribution in [1.82, 2.24) is 5.06 Å². The normalized spacial score (nSPS) is 12.3. The van der Waals surface area contributed by atoms with Gasteiger partial charge in [0.15, 0.2) is 0 Å². The first kappa shape index (κ1) is 14.6. The van der Waals surface area contributed by atoms with Crippen molar-refractivity contribution in [3.8, 4) is 11.5 Å². The Hall–Kier alpha value is -2.33. The molecule has 1 heterocycles. The fourth-order valence-electron chi connectivity index (χ4n) is 2.61. The number of hydroxylamine groups is 2. The Labute approximate surface area is 130 Å². The molecule has 114 valence electrons. The van der Waals surface area contributed by atoms with Crippen LogP contribution in [0.25, 0.3) is 0 Å². The number of carbonyl (C=O) groups excluding carboxylic acids is 1. The molecule has 4 heteroatoms. The molecule has 0 atom stereocenters. The molecule has 0 bridgehead atoms. The number of nitrogens with zero attached hydrogens (tertiary/aromatic N) is 1. The van der Waals surface area contributed by atoms with Gasteiger partial charge in [0.1, 0.15) is 11.5 Å². The number of carbonyl (C=O) groups is 1. The van der Waals surface area contributed by atoms with Gasteiger partial charge in [-0.15, -0.1) is 5.06 Å². The van der Waals surface area contributed by atoms with E-state index >= 15 is 0 Å². The van der Waals surface area contributed by atoms with Crippen molar-refractivity contribution in [2.75, 3.05) is 13.1 Å². The van der Waals surface area contributed by atoms with E-state index in [9.17, 15) is 4.79 Å². The molecule has 4 nitrogen and oxygen atoms in total. The van der Waals surface area contributed by atoms with Crippen molar-refractivity contribution in [1.29, 1.82) is 0 Å². The maximum Gasteiger partial charge on any atom is 0.357 e. The van der Waals surface area contributed by atoms with Gasteiger partial charge in [0.25, 0.3) is 0 Å². The average Bonchev–Trinajstić information content (AvgIpc) is 2.57. The quantitative estimate of drug-likeness (QED) is 0.687. The summed E-state index contributed by atoms with van der Waals surface area (Å²) in [4.78, 5) is 17.9. The Morgan fingerprint density at radius 1 is 1.09 bits per heavy atom. The highest BCUT2D eigenvalue weighted by molar-refractivity contribution is 5.92. The second-order valence-electron chi connectivity index (χ2n) is 5.16. The molecule has 0 amide bonds. The lowest BCUT2D eigenvalue weighted by Crippen LogP contribution is -2.27. The molecule has 0 saturated carbocycles. The molecule has 0 saturated heterocycles. The van der Waals surface area contributed by atoms with Gasteiger partial charge in [0, 0.05) is 25.1 Å². The predicted octanol–water partition coefficient (Wildman–Crippen LogP) is 3.80. The largest absolute Gasteiger partial charge is 0.457 e. The maximum atomic E-state index is 12.4. The van der Waals surface area contributed by atoms with Crippen molar-refractivity contribution in [2.45, 2.75) is 20.3 Å². The highest BCUT2D eigenvalue weighted by Gasteiger charge is 2.24. The molecule has 0 spiro atoms. The van der Waals surface area contributed by atoms with Crippen LogP contribution in [0.1, 0.15) is 35.3 Å². The Morgan fingerprint density at radius 3 is 2.59 bits per heavy atom. The van der Waals surface area contributed by atoms with E-state index in [0.717, 1.165) is 22.6 Å². The summed E-state index contributed by atoms with van der Waals surface area (Å²) in [5, 5.41) is 1.64. The summed E-state index contributed by atoms with van der Waals surface area (Å²) < 4.78 is 5.90. The van der Waals surface area contributed by atoms with Crippen LogP contribution in [-0.2, 0) is 11.3 Å². The lowest BCUT2D eigenvalue weighted by molar-refractivity contribution is -0.103. The van der Waals surface area contributed by atoms with Crippen LogP contribution in [0.4, 0.5) is 0 Å². The van der Waals surface area contributed by atoms with Gasteiger partial charge in [0.2, 0.25) is 0 Å². The van der Waals surface area contributed by atoms with Gasteiger partial charge in [-0.1, -0.05) is 24.3 Å². The molecule has 0 aromatic heterocycles. The monoisotopic (exact) mass is 297 g/mol. The number of fused-ring (bicyclic) bond motifs is 2. The number of para-hydroxylation sites is 1. The fraction of sp³-hybridized carbons (Fsp3) is 0.278. The molecule has 1 aliphatic heterocycles. The molecule has 0 unspecified atom stereocenters. The molecule has 0 radical (unpaired) electrons. The van der Waals surface area contributed by atoms with Gasteiger partial charge < -0.3 is 9.57 Å². The Morgan fingerprint density at radius 2 is 1.82 bits per heavy atom. The van der Waals surface area contributed by atoms with Crippen LogP contribution >= 0.6 is 0 Å². The smallest absolute Gasteiger partial charge is 0.357 e. The lowest BCUT2D eigenvalue weighted by atomic mass is 9.96. The Bertz CT molecular complexity index is 692. The number of rotatable bonds is 4. The van der Waals surface area contributed by atoms with E-state index in [1.807, 2.05) is 50.2 Å². The molecule has 2 aromatic carbocycles. The first-order valence-corrected chi connectivity index (χ1v) is 7.57. The van der Waals surface area contributed by atoms with Crippen molar-refractivity contribution < 1.29 is 14.4 Å². The van der Waals surface area contributed by atoms with Crippen LogP contribution in [0.15, 0.2) is 42.5 Å². The van der Waals surface area contributed by atoms with Gasteiger partial charge in [-0.25, -0.2) is 4.79 Å². The van der Waals surface area contributed by atoms with Gasteiger partial charge >= 0.3 is 5.97 Å². The van der Waals surface area contributed by atoms with E-state index in [0.29, 0.717) is 25.1 Å². The van der Waals surface area contributed by atoms with Crippen molar-refractivity contribution >= 4 is 5.97 Å². The summed E-state index contributed by atoms with van der Waals surface area (Å²) in [5.74, 6) is 1.25. The third-order valence-corrected chi connectivity index (χ3v) is 3.83. The summed E-state index contributed by atoms with van der Waals surface area (Å²) in [7, 11) is 0. The Kier molecular flexibility index (Phi) is 4.11. The summed E-state index contributed by atoms with van der Waals surface area (Å²) >= 11 is 0. The third kappa shape index (κ3) is 2.70. The SMILES string of the molecule is CCN(CC)OC(=O)c1cccc2c1Cc1ccccc1O2. The summed E-state index contributed by atoms with van der Waals surface area (Å²) in [6.07, 6.45) is 0.676. The molecule has 1 aliphatic rings. The van der Waals surface area contributed by atoms with Crippen molar-refractivity contribution in [2.24, 2.45) is 0 Å². The summed E-state index contributed by atoms with van der Waals surface area (Å²) in [6, 6.07) is 13.4. The minimum absolute atomic E-state index is 0.330. The Balaban J connectivity index is 1.91. The van der Waals surface area contributed by atoms with Crippen LogP contribution in [-0.4, -0.2) is 24.1 Å². The number of ether oxygens (including phenoxy) is 1. The molecule has 0 N–H and O–H groups in total. The first-order chi connectivity index (χ1) is 10.7. The van der Waals surface area contributed by atoms with Crippen molar-refractivity contribution in [3.05, 3.63) is 59.2 Å². The molecule has 0 fully saturated rings. The average molecular weight is 297 g/mol. The molecule has 0 aliphatic carbocycles. The van der Waals surface area contributed by atoms with E-state index in [2.05, 4.69) is 0 Å². The van der Waals surface area contributed by atoms with E-state index < -0.39 is 0 Å². The minimum Gasteiger partial charge on any atom is -0.457 e. The van der Waals surface area contributed by atoms with E-state index in [1.54, 1.807) is 11.1 Å². The fourth-order valence-corrected chi connectivity index (χ4v) is 2.61. The van der Waals surface area contributed by atoms with Gasteiger partial charge in [-0.2, -0.15) is 0 Å². The van der Waals surface area contributed by atoms with E-state index in [1.165, 1.54) is 0 Å². The second-order valence-corrected chi connectivity index (χ2v) is 5.16. The van der Waals surface area contributed by atoms with Crippen LogP contribution in [0.3, 0.4) is 0 Å². The molecular weight excluding hydrogens is 278 g/mol. The van der Waals surface area contributed by atoms with Gasteiger partial charge in [0.05, 0.1) is 5.56 Å². The number of hydrogen-bond acceptors (Lipinski definition) is 4. The van der Waals surface area contributed by atoms with E-state index in [4.69, 9.17) is 9.57 Å².